The first-order chi connectivity index (χ1) is 9.63. The van der Waals surface area contributed by atoms with Gasteiger partial charge in [-0.25, -0.2) is 4.39 Å². The highest BCUT2D eigenvalue weighted by molar-refractivity contribution is 9.10. The molecule has 1 heterocycles. The van der Waals surface area contributed by atoms with Gasteiger partial charge in [-0.2, -0.15) is 0 Å². The van der Waals surface area contributed by atoms with Crippen LogP contribution in [-0.2, 0) is 9.53 Å². The number of carbonyl (C=O) groups excluding carboxylic acids is 1. The van der Waals surface area contributed by atoms with Crippen molar-refractivity contribution in [2.45, 2.75) is 25.3 Å². The Morgan fingerprint density at radius 1 is 1.35 bits per heavy atom. The van der Waals surface area contributed by atoms with Crippen molar-refractivity contribution in [1.29, 1.82) is 0 Å². The maximum atomic E-state index is 13.5. The molecule has 3 nitrogen and oxygen atoms in total. The molecule has 1 amide bonds. The molecule has 1 saturated carbocycles. The lowest BCUT2D eigenvalue weighted by molar-refractivity contribution is -0.125. The molecule has 1 saturated heterocycles. The minimum atomic E-state index is -0.279. The van der Waals surface area contributed by atoms with E-state index in [0.29, 0.717) is 23.6 Å². The van der Waals surface area contributed by atoms with E-state index in [1.54, 1.807) is 0 Å². The van der Waals surface area contributed by atoms with Crippen LogP contribution < -0.4 is 5.32 Å². The summed E-state index contributed by atoms with van der Waals surface area (Å²) in [6, 6.07) is 4.74. The van der Waals surface area contributed by atoms with E-state index in [2.05, 4.69) is 21.2 Å². The second kappa shape index (κ2) is 5.82. The summed E-state index contributed by atoms with van der Waals surface area (Å²) in [5.41, 5.74) is 0.839. The summed E-state index contributed by atoms with van der Waals surface area (Å²) < 4.78 is 19.5. The van der Waals surface area contributed by atoms with Gasteiger partial charge in [0.1, 0.15) is 5.82 Å². The minimum absolute atomic E-state index is 0.0276. The molecule has 1 aromatic carbocycles. The van der Waals surface area contributed by atoms with Gasteiger partial charge in [-0.05, 0) is 48.9 Å². The molecule has 2 atom stereocenters. The third-order valence-corrected chi connectivity index (χ3v) is 4.39. The van der Waals surface area contributed by atoms with E-state index < -0.39 is 0 Å². The van der Waals surface area contributed by atoms with Gasteiger partial charge in [-0.1, -0.05) is 15.9 Å². The highest BCUT2D eigenvalue weighted by atomic mass is 79.9. The highest BCUT2D eigenvalue weighted by Gasteiger charge is 2.35. The van der Waals surface area contributed by atoms with Crippen molar-refractivity contribution in [3.8, 4) is 0 Å². The zero-order valence-electron chi connectivity index (χ0n) is 11.1. The van der Waals surface area contributed by atoms with Gasteiger partial charge in [0.2, 0.25) is 5.91 Å². The van der Waals surface area contributed by atoms with Gasteiger partial charge in [0.05, 0.1) is 18.6 Å². The van der Waals surface area contributed by atoms with Crippen LogP contribution in [0.1, 0.15) is 30.9 Å². The topological polar surface area (TPSA) is 38.3 Å². The second-order valence-corrected chi connectivity index (χ2v) is 6.50. The molecule has 1 aromatic rings. The molecule has 1 aliphatic carbocycles. The number of halogens is 2. The lowest BCUT2D eigenvalue weighted by atomic mass is 10.0. The second-order valence-electron chi connectivity index (χ2n) is 5.59. The third kappa shape index (κ3) is 3.20. The van der Waals surface area contributed by atoms with Gasteiger partial charge in [0, 0.05) is 11.1 Å². The molecule has 1 aliphatic heterocycles. The lowest BCUT2D eigenvalue weighted by Gasteiger charge is -2.21. The van der Waals surface area contributed by atoms with E-state index in [4.69, 9.17) is 4.74 Å². The fraction of sp³-hybridized carbons (Fsp3) is 0.533. The van der Waals surface area contributed by atoms with E-state index in [9.17, 15) is 9.18 Å². The molecule has 2 aliphatic rings. The largest absolute Gasteiger partial charge is 0.381 e. The Morgan fingerprint density at radius 2 is 2.15 bits per heavy atom. The Hall–Kier alpha value is -0.940. The van der Waals surface area contributed by atoms with E-state index in [-0.39, 0.29) is 23.7 Å². The number of hydrogen-bond acceptors (Lipinski definition) is 2. The number of benzene rings is 1. The van der Waals surface area contributed by atoms with Crippen LogP contribution in [0.5, 0.6) is 0 Å². The van der Waals surface area contributed by atoms with Crippen LogP contribution >= 0.6 is 15.9 Å². The average molecular weight is 342 g/mol. The number of carbonyl (C=O) groups is 1. The molecule has 0 unspecified atom stereocenters. The van der Waals surface area contributed by atoms with Crippen molar-refractivity contribution in [3.63, 3.8) is 0 Å². The summed E-state index contributed by atoms with van der Waals surface area (Å²) in [4.78, 5) is 12.2. The van der Waals surface area contributed by atoms with Crippen molar-refractivity contribution in [2.24, 2.45) is 11.8 Å². The quantitative estimate of drug-likeness (QED) is 0.913. The van der Waals surface area contributed by atoms with Crippen LogP contribution in [0.25, 0.3) is 0 Å². The molecule has 3 rings (SSSR count). The zero-order chi connectivity index (χ0) is 14.1. The van der Waals surface area contributed by atoms with Gasteiger partial charge in [0.25, 0.3) is 0 Å². The van der Waals surface area contributed by atoms with E-state index in [1.165, 1.54) is 12.1 Å². The summed E-state index contributed by atoms with van der Waals surface area (Å²) in [7, 11) is 0. The number of rotatable bonds is 4. The standard InChI is InChI=1S/C15H17BrFNO2/c16-12-5-11(6-13(17)7-12)14(9-1-2-9)18-15(19)10-3-4-20-8-10/h5-7,9-10,14H,1-4,8H2,(H,18,19)/t10-,14-/m1/s1. The molecule has 2 fully saturated rings. The Labute approximate surface area is 126 Å². The van der Waals surface area contributed by atoms with Crippen LogP contribution in [-0.4, -0.2) is 19.1 Å². The number of ether oxygens (including phenoxy) is 1. The summed E-state index contributed by atoms with van der Waals surface area (Å²) in [6.07, 6.45) is 2.94. The summed E-state index contributed by atoms with van der Waals surface area (Å²) in [5.74, 6) is 0.112. The van der Waals surface area contributed by atoms with Crippen LogP contribution in [0.2, 0.25) is 0 Å². The van der Waals surface area contributed by atoms with E-state index in [0.717, 1.165) is 24.8 Å². The first kappa shape index (κ1) is 14.0. The molecular formula is C15H17BrFNO2. The van der Waals surface area contributed by atoms with Crippen molar-refractivity contribution in [1.82, 2.24) is 5.32 Å². The zero-order valence-corrected chi connectivity index (χ0v) is 12.7. The van der Waals surface area contributed by atoms with Gasteiger partial charge in [-0.15, -0.1) is 0 Å². The summed E-state index contributed by atoms with van der Waals surface area (Å²) in [6.45, 7) is 1.15. The fourth-order valence-corrected chi connectivity index (χ4v) is 3.15. The third-order valence-electron chi connectivity index (χ3n) is 3.94. The van der Waals surface area contributed by atoms with E-state index >= 15 is 0 Å². The minimum Gasteiger partial charge on any atom is -0.381 e. The van der Waals surface area contributed by atoms with Crippen molar-refractivity contribution >= 4 is 21.8 Å². The van der Waals surface area contributed by atoms with Crippen LogP contribution in [0.3, 0.4) is 0 Å². The van der Waals surface area contributed by atoms with Crippen LogP contribution in [0.4, 0.5) is 4.39 Å². The smallest absolute Gasteiger partial charge is 0.226 e. The van der Waals surface area contributed by atoms with Crippen LogP contribution in [0.15, 0.2) is 22.7 Å². The number of nitrogens with one attached hydrogen (secondary N) is 1. The molecule has 0 bridgehead atoms. The predicted molar refractivity (Wildman–Crippen MR) is 76.6 cm³/mol. The van der Waals surface area contributed by atoms with Gasteiger partial charge >= 0.3 is 0 Å². The first-order valence-corrected chi connectivity index (χ1v) is 7.77. The van der Waals surface area contributed by atoms with Gasteiger partial charge in [0.15, 0.2) is 0 Å². The normalized spacial score (nSPS) is 23.6. The van der Waals surface area contributed by atoms with Crippen LogP contribution in [0, 0.1) is 17.7 Å². The maximum Gasteiger partial charge on any atom is 0.226 e. The summed E-state index contributed by atoms with van der Waals surface area (Å²) >= 11 is 3.31. The SMILES string of the molecule is O=C(N[C@@H](c1cc(F)cc(Br)c1)C1CC1)[C@@H]1CCOC1. The van der Waals surface area contributed by atoms with Gasteiger partial charge in [-0.3, -0.25) is 4.79 Å². The monoisotopic (exact) mass is 341 g/mol. The highest BCUT2D eigenvalue weighted by Crippen LogP contribution is 2.42. The Kier molecular flexibility index (Phi) is 4.08. The van der Waals surface area contributed by atoms with Gasteiger partial charge < -0.3 is 10.1 Å². The molecule has 1 N–H and O–H groups in total. The van der Waals surface area contributed by atoms with Crippen molar-refractivity contribution < 1.29 is 13.9 Å². The molecule has 0 radical (unpaired) electrons. The molecule has 0 spiro atoms. The molecule has 0 aromatic heterocycles. The molecule has 108 valence electrons. The molecule has 20 heavy (non-hydrogen) atoms. The maximum absolute atomic E-state index is 13.5. The average Bonchev–Trinajstić information content (AvgIpc) is 3.07. The summed E-state index contributed by atoms with van der Waals surface area (Å²) in [5, 5.41) is 3.09. The van der Waals surface area contributed by atoms with E-state index in [1.807, 2.05) is 6.07 Å². The Balaban J connectivity index is 1.76. The number of amides is 1. The fourth-order valence-electron chi connectivity index (χ4n) is 2.67. The Bertz CT molecular complexity index is 492. The van der Waals surface area contributed by atoms with Crippen molar-refractivity contribution in [3.05, 3.63) is 34.1 Å². The Morgan fingerprint density at radius 3 is 2.75 bits per heavy atom. The molecular weight excluding hydrogens is 325 g/mol. The van der Waals surface area contributed by atoms with Crippen molar-refractivity contribution in [2.75, 3.05) is 13.2 Å². The lowest BCUT2D eigenvalue weighted by Crippen LogP contribution is -2.35. The predicted octanol–water partition coefficient (Wildman–Crippen LogP) is 3.19. The first-order valence-electron chi connectivity index (χ1n) is 6.97. The number of hydrogen-bond donors (Lipinski definition) is 1. The molecule has 5 heteroatoms.